The normalized spacial score (nSPS) is 11.1. The van der Waals surface area contributed by atoms with Crippen molar-refractivity contribution in [2.24, 2.45) is 0 Å². The van der Waals surface area contributed by atoms with Gasteiger partial charge in [-0.15, -0.1) is 0 Å². The van der Waals surface area contributed by atoms with Crippen LogP contribution in [0.15, 0.2) is 24.3 Å². The van der Waals surface area contributed by atoms with Gasteiger partial charge in [0, 0.05) is 6.07 Å². The van der Waals surface area contributed by atoms with Gasteiger partial charge in [-0.3, -0.25) is 14.9 Å². The van der Waals surface area contributed by atoms with Crippen molar-refractivity contribution in [1.82, 2.24) is 4.72 Å². The first-order valence-electron chi connectivity index (χ1n) is 6.15. The van der Waals surface area contributed by atoms with Gasteiger partial charge < -0.3 is 0 Å². The van der Waals surface area contributed by atoms with Crippen molar-refractivity contribution < 1.29 is 18.1 Å². The molecular formula is C12H16N2O5S. The zero-order valence-electron chi connectivity index (χ0n) is 11.0. The first kappa shape index (κ1) is 16.1. The number of para-hydroxylation sites is 1. The minimum atomic E-state index is -3.77. The van der Waals surface area contributed by atoms with Crippen molar-refractivity contribution in [2.75, 3.05) is 5.75 Å². The van der Waals surface area contributed by atoms with Crippen LogP contribution < -0.4 is 4.72 Å². The Kier molecular flexibility index (Phi) is 5.63. The number of hydrogen-bond donors (Lipinski definition) is 1. The predicted octanol–water partition coefficient (Wildman–Crippen LogP) is 1.84. The summed E-state index contributed by atoms with van der Waals surface area (Å²) in [6.45, 7) is 1.93. The molecule has 8 heteroatoms. The second kappa shape index (κ2) is 6.99. The molecular weight excluding hydrogens is 284 g/mol. The topological polar surface area (TPSA) is 106 Å². The molecule has 0 atom stereocenters. The summed E-state index contributed by atoms with van der Waals surface area (Å²) in [7, 11) is -3.77. The molecule has 0 heterocycles. The number of benzene rings is 1. The van der Waals surface area contributed by atoms with Crippen molar-refractivity contribution in [3.63, 3.8) is 0 Å². The largest absolute Gasteiger partial charge is 0.282 e. The van der Waals surface area contributed by atoms with Crippen LogP contribution in [0.4, 0.5) is 5.69 Å². The molecule has 0 aliphatic carbocycles. The van der Waals surface area contributed by atoms with Crippen molar-refractivity contribution in [1.29, 1.82) is 0 Å². The highest BCUT2D eigenvalue weighted by Crippen LogP contribution is 2.17. The fourth-order valence-electron chi connectivity index (χ4n) is 1.61. The molecule has 1 rings (SSSR count). The highest BCUT2D eigenvalue weighted by Gasteiger charge is 2.22. The molecule has 0 radical (unpaired) electrons. The minimum absolute atomic E-state index is 0.173. The average Bonchev–Trinajstić information content (AvgIpc) is 2.38. The molecule has 1 aromatic carbocycles. The number of nitrogens with one attached hydrogen (secondary N) is 1. The molecule has 20 heavy (non-hydrogen) atoms. The maximum atomic E-state index is 11.8. The molecule has 1 aromatic rings. The van der Waals surface area contributed by atoms with Crippen LogP contribution in [-0.2, 0) is 10.0 Å². The molecule has 0 saturated carbocycles. The van der Waals surface area contributed by atoms with Crippen LogP contribution in [0.2, 0.25) is 0 Å². The molecule has 0 unspecified atom stereocenters. The molecule has 1 N–H and O–H groups in total. The van der Waals surface area contributed by atoms with Crippen LogP contribution in [0, 0.1) is 10.1 Å². The van der Waals surface area contributed by atoms with E-state index in [1.807, 2.05) is 11.6 Å². The van der Waals surface area contributed by atoms with E-state index in [4.69, 9.17) is 0 Å². The van der Waals surface area contributed by atoms with Gasteiger partial charge in [0.05, 0.1) is 10.7 Å². The summed E-state index contributed by atoms with van der Waals surface area (Å²) in [5.74, 6) is -1.15. The Balaban J connectivity index is 2.84. The second-order valence-corrected chi connectivity index (χ2v) is 6.07. The average molecular weight is 300 g/mol. The van der Waals surface area contributed by atoms with E-state index in [0.29, 0.717) is 6.42 Å². The lowest BCUT2D eigenvalue weighted by Gasteiger charge is -2.06. The number of carbonyl (C=O) groups is 1. The highest BCUT2D eigenvalue weighted by atomic mass is 32.2. The Morgan fingerprint density at radius 1 is 1.30 bits per heavy atom. The van der Waals surface area contributed by atoms with E-state index >= 15 is 0 Å². The van der Waals surface area contributed by atoms with Crippen LogP contribution in [0.25, 0.3) is 0 Å². The number of nitrogens with zero attached hydrogens (tertiary/aromatic N) is 1. The maximum absolute atomic E-state index is 11.8. The summed E-state index contributed by atoms with van der Waals surface area (Å²) in [5.41, 5.74) is -0.690. The number of nitro groups is 1. The minimum Gasteiger partial charge on any atom is -0.268 e. The van der Waals surface area contributed by atoms with Gasteiger partial charge in [-0.25, -0.2) is 13.1 Å². The standard InChI is InChI=1S/C12H16N2O5S/c1-2-3-6-9-20(18,19)13-12(15)10-7-4-5-8-11(10)14(16)17/h4-5,7-8H,2-3,6,9H2,1H3,(H,13,15). The van der Waals surface area contributed by atoms with Crippen molar-refractivity contribution in [3.8, 4) is 0 Å². The molecule has 7 nitrogen and oxygen atoms in total. The molecule has 0 spiro atoms. The summed E-state index contributed by atoms with van der Waals surface area (Å²) in [4.78, 5) is 21.9. The summed E-state index contributed by atoms with van der Waals surface area (Å²) < 4.78 is 25.2. The quantitative estimate of drug-likeness (QED) is 0.470. The number of nitro benzene ring substituents is 1. The number of carbonyl (C=O) groups excluding carboxylic acids is 1. The third-order valence-corrected chi connectivity index (χ3v) is 3.93. The number of unbranched alkanes of at least 4 members (excludes halogenated alkanes) is 2. The lowest BCUT2D eigenvalue weighted by molar-refractivity contribution is -0.385. The van der Waals surface area contributed by atoms with Crippen LogP contribution in [-0.4, -0.2) is 25.0 Å². The van der Waals surface area contributed by atoms with Crippen LogP contribution in [0.3, 0.4) is 0 Å². The van der Waals surface area contributed by atoms with Crippen LogP contribution in [0.1, 0.15) is 36.5 Å². The third-order valence-electron chi connectivity index (χ3n) is 2.61. The lowest BCUT2D eigenvalue weighted by atomic mass is 10.2. The van der Waals surface area contributed by atoms with Gasteiger partial charge in [0.1, 0.15) is 5.56 Å². The van der Waals surface area contributed by atoms with E-state index in [2.05, 4.69) is 0 Å². The van der Waals surface area contributed by atoms with Crippen LogP contribution >= 0.6 is 0 Å². The van der Waals surface area contributed by atoms with Gasteiger partial charge in [0.25, 0.3) is 11.6 Å². The number of rotatable bonds is 7. The number of hydrogen-bond acceptors (Lipinski definition) is 5. The molecule has 0 saturated heterocycles. The van der Waals surface area contributed by atoms with Gasteiger partial charge >= 0.3 is 0 Å². The molecule has 0 bridgehead atoms. The third kappa shape index (κ3) is 4.61. The van der Waals surface area contributed by atoms with Gasteiger partial charge in [-0.2, -0.15) is 0 Å². The number of amides is 1. The van der Waals surface area contributed by atoms with Gasteiger partial charge in [-0.1, -0.05) is 31.9 Å². The SMILES string of the molecule is CCCCCS(=O)(=O)NC(=O)c1ccccc1[N+](=O)[O-]. The predicted molar refractivity (Wildman–Crippen MR) is 73.9 cm³/mol. The van der Waals surface area contributed by atoms with E-state index in [1.54, 1.807) is 0 Å². The smallest absolute Gasteiger partial charge is 0.268 e. The summed E-state index contributed by atoms with van der Waals surface area (Å²) in [6.07, 6.45) is 2.03. The molecule has 1 amide bonds. The van der Waals surface area contributed by atoms with E-state index in [1.165, 1.54) is 18.2 Å². The monoisotopic (exact) mass is 300 g/mol. The zero-order chi connectivity index (χ0) is 15.2. The molecule has 0 aromatic heterocycles. The first-order valence-corrected chi connectivity index (χ1v) is 7.81. The molecule has 0 aliphatic heterocycles. The van der Waals surface area contributed by atoms with Gasteiger partial charge in [0.2, 0.25) is 10.0 Å². The Morgan fingerprint density at radius 3 is 2.55 bits per heavy atom. The van der Waals surface area contributed by atoms with E-state index in [-0.39, 0.29) is 11.3 Å². The summed E-state index contributed by atoms with van der Waals surface area (Å²) >= 11 is 0. The van der Waals surface area contributed by atoms with E-state index < -0.39 is 26.5 Å². The Morgan fingerprint density at radius 2 is 1.95 bits per heavy atom. The van der Waals surface area contributed by atoms with Gasteiger partial charge in [-0.05, 0) is 12.5 Å². The molecule has 110 valence electrons. The zero-order valence-corrected chi connectivity index (χ0v) is 11.9. The van der Waals surface area contributed by atoms with Crippen molar-refractivity contribution >= 4 is 21.6 Å². The second-order valence-electron chi connectivity index (χ2n) is 4.23. The fourth-order valence-corrected chi connectivity index (χ4v) is 2.69. The first-order chi connectivity index (χ1) is 9.37. The summed E-state index contributed by atoms with van der Waals surface area (Å²) in [6, 6.07) is 5.21. The Bertz CT molecular complexity index is 598. The number of sulfonamides is 1. The van der Waals surface area contributed by atoms with Crippen molar-refractivity contribution in [2.45, 2.75) is 26.2 Å². The van der Waals surface area contributed by atoms with Crippen molar-refractivity contribution in [3.05, 3.63) is 39.9 Å². The van der Waals surface area contributed by atoms with Crippen LogP contribution in [0.5, 0.6) is 0 Å². The highest BCUT2D eigenvalue weighted by molar-refractivity contribution is 7.90. The Labute approximate surface area is 117 Å². The molecule has 0 aliphatic rings. The Hall–Kier alpha value is -1.96. The lowest BCUT2D eigenvalue weighted by Crippen LogP contribution is -2.32. The van der Waals surface area contributed by atoms with E-state index in [0.717, 1.165) is 18.9 Å². The van der Waals surface area contributed by atoms with Gasteiger partial charge in [0.15, 0.2) is 0 Å². The molecule has 0 fully saturated rings. The van der Waals surface area contributed by atoms with E-state index in [9.17, 15) is 23.3 Å². The fraction of sp³-hybridized carbons (Fsp3) is 0.417. The summed E-state index contributed by atoms with van der Waals surface area (Å²) in [5, 5.41) is 10.8. The maximum Gasteiger partial charge on any atom is 0.282 e.